The first-order valence-corrected chi connectivity index (χ1v) is 13.0. The Hall–Kier alpha value is -1.20. The molecule has 0 spiro atoms. The van der Waals surface area contributed by atoms with Crippen LogP contribution >= 0.6 is 0 Å². The lowest BCUT2D eigenvalue weighted by Gasteiger charge is -2.32. The van der Waals surface area contributed by atoms with Gasteiger partial charge in [0.2, 0.25) is 5.82 Å². The van der Waals surface area contributed by atoms with E-state index in [0.717, 1.165) is 58.2 Å². The van der Waals surface area contributed by atoms with Crippen LogP contribution in [-0.4, -0.2) is 32.0 Å². The summed E-state index contributed by atoms with van der Waals surface area (Å²) in [5.41, 5.74) is 0.485. The zero-order valence-electron chi connectivity index (χ0n) is 20.1. The lowest BCUT2D eigenvalue weighted by molar-refractivity contribution is -0.0651. The van der Waals surface area contributed by atoms with Crippen molar-refractivity contribution in [2.24, 2.45) is 5.92 Å². The minimum absolute atomic E-state index is 0.0269. The molecular weight excluding hydrogens is 410 g/mol. The first-order chi connectivity index (χ1) is 15.6. The summed E-state index contributed by atoms with van der Waals surface area (Å²) in [6, 6.07) is 3.30. The van der Waals surface area contributed by atoms with Crippen LogP contribution in [0.4, 0.5) is 8.78 Å². The van der Waals surface area contributed by atoms with Gasteiger partial charge in [0.05, 0.1) is 32.0 Å². The van der Waals surface area contributed by atoms with E-state index in [-0.39, 0.29) is 17.8 Å². The van der Waals surface area contributed by atoms with Gasteiger partial charge in [-0.1, -0.05) is 45.6 Å². The standard InChI is InChI=1S/C27H42F2O3/c1-3-5-7-8-22-12-9-20(18-31-22)19-32-23-13-10-21(11-14-23)24-15-16-25(27(29)26(24)28)30-17-6-4-2/h15-16,20-23H,3-14,17-19H2,1-2H3. The van der Waals surface area contributed by atoms with Crippen LogP contribution in [-0.2, 0) is 9.47 Å². The predicted molar refractivity (Wildman–Crippen MR) is 124 cm³/mol. The van der Waals surface area contributed by atoms with E-state index < -0.39 is 11.6 Å². The molecule has 1 aliphatic carbocycles. The molecule has 1 saturated heterocycles. The van der Waals surface area contributed by atoms with Gasteiger partial charge in [0.15, 0.2) is 11.6 Å². The van der Waals surface area contributed by atoms with Crippen LogP contribution in [0.3, 0.4) is 0 Å². The Kier molecular flexibility index (Phi) is 10.7. The summed E-state index contributed by atoms with van der Waals surface area (Å²) in [6.45, 7) is 6.25. The van der Waals surface area contributed by atoms with Crippen LogP contribution in [0.25, 0.3) is 0 Å². The number of hydrogen-bond acceptors (Lipinski definition) is 3. The van der Waals surface area contributed by atoms with Crippen molar-refractivity contribution in [3.63, 3.8) is 0 Å². The Morgan fingerprint density at radius 3 is 2.38 bits per heavy atom. The molecule has 32 heavy (non-hydrogen) atoms. The monoisotopic (exact) mass is 452 g/mol. The molecule has 1 saturated carbocycles. The van der Waals surface area contributed by atoms with Gasteiger partial charge in [-0.3, -0.25) is 0 Å². The van der Waals surface area contributed by atoms with Crippen LogP contribution < -0.4 is 4.74 Å². The molecule has 182 valence electrons. The van der Waals surface area contributed by atoms with Gasteiger partial charge in [-0.2, -0.15) is 4.39 Å². The highest BCUT2D eigenvalue weighted by Crippen LogP contribution is 2.37. The quantitative estimate of drug-likeness (QED) is 0.306. The molecule has 2 atom stereocenters. The fraction of sp³-hybridized carbons (Fsp3) is 0.778. The number of benzene rings is 1. The van der Waals surface area contributed by atoms with Gasteiger partial charge in [0.1, 0.15) is 0 Å². The normalized spacial score (nSPS) is 26.2. The highest BCUT2D eigenvalue weighted by atomic mass is 19.2. The highest BCUT2D eigenvalue weighted by molar-refractivity contribution is 5.33. The fourth-order valence-corrected chi connectivity index (χ4v) is 4.95. The average Bonchev–Trinajstić information content (AvgIpc) is 2.82. The molecule has 5 heteroatoms. The Morgan fingerprint density at radius 1 is 0.906 bits per heavy atom. The van der Waals surface area contributed by atoms with Crippen LogP contribution in [0.15, 0.2) is 12.1 Å². The van der Waals surface area contributed by atoms with Gasteiger partial charge in [-0.25, -0.2) is 4.39 Å². The molecular formula is C27H42F2O3. The summed E-state index contributed by atoms with van der Waals surface area (Å²) in [4.78, 5) is 0. The van der Waals surface area contributed by atoms with E-state index in [1.54, 1.807) is 12.1 Å². The van der Waals surface area contributed by atoms with Crippen molar-refractivity contribution in [1.82, 2.24) is 0 Å². The van der Waals surface area contributed by atoms with E-state index >= 15 is 0 Å². The minimum atomic E-state index is -0.845. The van der Waals surface area contributed by atoms with Crippen molar-refractivity contribution in [3.8, 4) is 5.75 Å². The van der Waals surface area contributed by atoms with Crippen molar-refractivity contribution < 1.29 is 23.0 Å². The number of ether oxygens (including phenoxy) is 3. The SMILES string of the molecule is CCCCCC1CCC(COC2CCC(c3ccc(OCCCC)c(F)c3F)CC2)CO1. The Bertz CT molecular complexity index is 665. The second-order valence-electron chi connectivity index (χ2n) is 9.68. The van der Waals surface area contributed by atoms with Crippen LogP contribution in [0.5, 0.6) is 5.75 Å². The topological polar surface area (TPSA) is 27.7 Å². The van der Waals surface area contributed by atoms with Gasteiger partial charge >= 0.3 is 0 Å². The number of halogens is 2. The van der Waals surface area contributed by atoms with Gasteiger partial charge in [0.25, 0.3) is 0 Å². The van der Waals surface area contributed by atoms with Crippen LogP contribution in [0.2, 0.25) is 0 Å². The average molecular weight is 453 g/mol. The van der Waals surface area contributed by atoms with Gasteiger partial charge in [-0.05, 0) is 68.9 Å². The largest absolute Gasteiger partial charge is 0.490 e. The highest BCUT2D eigenvalue weighted by Gasteiger charge is 2.28. The molecule has 0 amide bonds. The van der Waals surface area contributed by atoms with Crippen molar-refractivity contribution >= 4 is 0 Å². The molecule has 3 rings (SSSR count). The maximum atomic E-state index is 14.7. The second-order valence-corrected chi connectivity index (χ2v) is 9.68. The van der Waals surface area contributed by atoms with Crippen molar-refractivity contribution in [3.05, 3.63) is 29.3 Å². The van der Waals surface area contributed by atoms with E-state index in [2.05, 4.69) is 6.92 Å². The number of rotatable bonds is 12. The minimum Gasteiger partial charge on any atom is -0.490 e. The van der Waals surface area contributed by atoms with Gasteiger partial charge in [-0.15, -0.1) is 0 Å². The molecule has 3 nitrogen and oxygen atoms in total. The molecule has 2 unspecified atom stereocenters. The molecule has 1 aliphatic heterocycles. The zero-order valence-corrected chi connectivity index (χ0v) is 20.1. The molecule has 2 aliphatic rings. The Labute approximate surface area is 193 Å². The summed E-state index contributed by atoms with van der Waals surface area (Å²) in [5, 5.41) is 0. The van der Waals surface area contributed by atoms with Gasteiger partial charge < -0.3 is 14.2 Å². The molecule has 0 aromatic heterocycles. The Morgan fingerprint density at radius 2 is 1.69 bits per heavy atom. The lowest BCUT2D eigenvalue weighted by atomic mass is 9.82. The Balaban J connectivity index is 1.38. The summed E-state index contributed by atoms with van der Waals surface area (Å²) in [6.07, 6.45) is 13.2. The molecule has 1 aromatic carbocycles. The van der Waals surface area contributed by atoms with Gasteiger partial charge in [0, 0.05) is 5.92 Å². The first kappa shape index (κ1) is 25.4. The summed E-state index contributed by atoms with van der Waals surface area (Å²) >= 11 is 0. The molecule has 0 bridgehead atoms. The van der Waals surface area contributed by atoms with Crippen molar-refractivity contribution in [2.75, 3.05) is 19.8 Å². The van der Waals surface area contributed by atoms with Crippen molar-refractivity contribution in [1.29, 1.82) is 0 Å². The molecule has 0 radical (unpaired) electrons. The number of hydrogen-bond donors (Lipinski definition) is 0. The molecule has 1 aromatic rings. The third-order valence-corrected chi connectivity index (χ3v) is 7.11. The molecule has 2 fully saturated rings. The third-order valence-electron chi connectivity index (χ3n) is 7.11. The smallest absolute Gasteiger partial charge is 0.200 e. The summed E-state index contributed by atoms with van der Waals surface area (Å²) in [7, 11) is 0. The predicted octanol–water partition coefficient (Wildman–Crippen LogP) is 7.56. The third kappa shape index (κ3) is 7.41. The molecule has 0 N–H and O–H groups in total. The van der Waals surface area contributed by atoms with Crippen LogP contribution in [0.1, 0.15) is 102 Å². The maximum absolute atomic E-state index is 14.7. The molecule has 1 heterocycles. The second kappa shape index (κ2) is 13.5. The van der Waals surface area contributed by atoms with E-state index in [1.807, 2.05) is 6.92 Å². The number of unbranched alkanes of at least 4 members (excludes halogenated alkanes) is 3. The summed E-state index contributed by atoms with van der Waals surface area (Å²) < 4.78 is 46.7. The van der Waals surface area contributed by atoms with E-state index in [4.69, 9.17) is 14.2 Å². The lowest BCUT2D eigenvalue weighted by Crippen LogP contribution is -2.31. The van der Waals surface area contributed by atoms with E-state index in [0.29, 0.717) is 24.2 Å². The van der Waals surface area contributed by atoms with E-state index in [1.165, 1.54) is 32.1 Å². The first-order valence-electron chi connectivity index (χ1n) is 13.0. The maximum Gasteiger partial charge on any atom is 0.200 e. The fourth-order valence-electron chi connectivity index (χ4n) is 4.95. The van der Waals surface area contributed by atoms with E-state index in [9.17, 15) is 8.78 Å². The van der Waals surface area contributed by atoms with Crippen LogP contribution in [0, 0.1) is 17.6 Å². The summed E-state index contributed by atoms with van der Waals surface area (Å²) in [5.74, 6) is -1.02. The van der Waals surface area contributed by atoms with Crippen molar-refractivity contribution in [2.45, 2.75) is 109 Å². The zero-order chi connectivity index (χ0) is 22.8.